The van der Waals surface area contributed by atoms with E-state index in [0.29, 0.717) is 19.6 Å². The molecule has 2 aliphatic rings. The van der Waals surface area contributed by atoms with Gasteiger partial charge in [-0.25, -0.2) is 12.7 Å². The zero-order chi connectivity index (χ0) is 16.4. The number of rotatable bonds is 5. The van der Waals surface area contributed by atoms with Gasteiger partial charge < -0.3 is 5.32 Å². The van der Waals surface area contributed by atoms with Gasteiger partial charge >= 0.3 is 0 Å². The maximum atomic E-state index is 12.3. The Morgan fingerprint density at radius 2 is 2.22 bits per heavy atom. The molecule has 1 atom stereocenters. The first-order chi connectivity index (χ1) is 11.0. The number of hydrogen-bond acceptors (Lipinski definition) is 4. The Labute approximate surface area is 137 Å². The number of carbonyl (C=O) groups excluding carboxylic acids is 1. The van der Waals surface area contributed by atoms with Crippen molar-refractivity contribution in [1.82, 2.24) is 19.4 Å². The third-order valence-corrected chi connectivity index (χ3v) is 6.52. The monoisotopic (exact) mass is 340 g/mol. The molecule has 1 aromatic heterocycles. The van der Waals surface area contributed by atoms with Gasteiger partial charge in [0.1, 0.15) is 0 Å². The predicted molar refractivity (Wildman–Crippen MR) is 86.2 cm³/mol. The van der Waals surface area contributed by atoms with Gasteiger partial charge in [-0.1, -0.05) is 0 Å². The van der Waals surface area contributed by atoms with Crippen LogP contribution in [0, 0.1) is 5.92 Å². The smallest absolute Gasteiger partial charge is 0.224 e. The van der Waals surface area contributed by atoms with Crippen molar-refractivity contribution in [3.63, 3.8) is 0 Å². The molecule has 3 heterocycles. The van der Waals surface area contributed by atoms with Gasteiger partial charge in [-0.2, -0.15) is 5.10 Å². The Morgan fingerprint density at radius 1 is 1.39 bits per heavy atom. The molecule has 1 saturated heterocycles. The van der Waals surface area contributed by atoms with Gasteiger partial charge in [-0.3, -0.25) is 9.48 Å². The highest BCUT2D eigenvalue weighted by Gasteiger charge is 2.31. The highest BCUT2D eigenvalue weighted by atomic mass is 32.2. The van der Waals surface area contributed by atoms with Gasteiger partial charge in [-0.15, -0.1) is 0 Å². The first-order valence-corrected chi connectivity index (χ1v) is 9.91. The number of hydrogen-bond donors (Lipinski definition) is 1. The van der Waals surface area contributed by atoms with Gasteiger partial charge in [0.2, 0.25) is 15.9 Å². The van der Waals surface area contributed by atoms with Crippen molar-refractivity contribution >= 4 is 15.9 Å². The summed E-state index contributed by atoms with van der Waals surface area (Å²) in [5, 5.41) is 7.38. The van der Waals surface area contributed by atoms with Crippen LogP contribution in [-0.4, -0.2) is 47.3 Å². The van der Waals surface area contributed by atoms with E-state index in [4.69, 9.17) is 0 Å². The average Bonchev–Trinajstić information content (AvgIpc) is 3.14. The van der Waals surface area contributed by atoms with Gasteiger partial charge in [-0.05, 0) is 38.7 Å². The second kappa shape index (κ2) is 6.60. The standard InChI is InChI=1S/C15H24N4O3S/c1-2-23(21,22)18-7-3-5-12(11-18)15(20)16-10-13-9-14-6-4-8-19(14)17-13/h9,12H,2-8,10-11H2,1H3,(H,16,20). The zero-order valence-electron chi connectivity index (χ0n) is 13.5. The molecule has 0 spiro atoms. The van der Waals surface area contributed by atoms with E-state index in [2.05, 4.69) is 10.4 Å². The summed E-state index contributed by atoms with van der Waals surface area (Å²) in [5.74, 6) is -0.254. The van der Waals surface area contributed by atoms with Gasteiger partial charge in [0.05, 0.1) is 23.9 Å². The van der Waals surface area contributed by atoms with Crippen molar-refractivity contribution in [3.8, 4) is 0 Å². The molecule has 0 saturated carbocycles. The fourth-order valence-corrected chi connectivity index (χ4v) is 4.50. The Kier molecular flexibility index (Phi) is 4.72. The van der Waals surface area contributed by atoms with E-state index < -0.39 is 10.0 Å². The molecule has 0 aliphatic carbocycles. The molecule has 1 amide bonds. The number of carbonyl (C=O) groups is 1. The molecule has 23 heavy (non-hydrogen) atoms. The van der Waals surface area contributed by atoms with E-state index in [-0.39, 0.29) is 17.6 Å². The summed E-state index contributed by atoms with van der Waals surface area (Å²) < 4.78 is 27.4. The number of sulfonamides is 1. The number of aryl methyl sites for hydroxylation is 2. The quantitative estimate of drug-likeness (QED) is 0.846. The van der Waals surface area contributed by atoms with E-state index in [1.54, 1.807) is 6.92 Å². The van der Waals surface area contributed by atoms with Crippen molar-refractivity contribution < 1.29 is 13.2 Å². The molecule has 2 aliphatic heterocycles. The molecule has 7 nitrogen and oxygen atoms in total. The predicted octanol–water partition coefficient (Wildman–Crippen LogP) is 0.507. The van der Waals surface area contributed by atoms with Gasteiger partial charge in [0.25, 0.3) is 0 Å². The Morgan fingerprint density at radius 3 is 2.96 bits per heavy atom. The molecule has 8 heteroatoms. The minimum atomic E-state index is -3.22. The molecule has 1 aromatic rings. The topological polar surface area (TPSA) is 84.3 Å². The van der Waals surface area contributed by atoms with Crippen molar-refractivity contribution in [2.75, 3.05) is 18.8 Å². The molecule has 128 valence electrons. The Hall–Kier alpha value is -1.41. The minimum Gasteiger partial charge on any atom is -0.350 e. The van der Waals surface area contributed by atoms with Crippen LogP contribution in [0.25, 0.3) is 0 Å². The molecule has 1 fully saturated rings. The second-order valence-electron chi connectivity index (χ2n) is 6.27. The fourth-order valence-electron chi connectivity index (χ4n) is 3.32. The van der Waals surface area contributed by atoms with Crippen LogP contribution in [0.1, 0.15) is 37.6 Å². The van der Waals surface area contributed by atoms with E-state index in [1.165, 1.54) is 10.00 Å². The average molecular weight is 340 g/mol. The number of amides is 1. The normalized spacial score (nSPS) is 22.0. The van der Waals surface area contributed by atoms with Crippen molar-refractivity contribution in [2.45, 2.75) is 45.7 Å². The number of piperidine rings is 1. The van der Waals surface area contributed by atoms with Crippen LogP contribution in [0.15, 0.2) is 6.07 Å². The van der Waals surface area contributed by atoms with Gasteiger partial charge in [0.15, 0.2) is 0 Å². The highest BCUT2D eigenvalue weighted by molar-refractivity contribution is 7.89. The molecule has 0 aromatic carbocycles. The lowest BCUT2D eigenvalue weighted by Crippen LogP contribution is -2.45. The lowest BCUT2D eigenvalue weighted by atomic mass is 9.99. The summed E-state index contributed by atoms with van der Waals surface area (Å²) in [6.45, 7) is 3.82. The molecule has 3 rings (SSSR count). The molecule has 1 unspecified atom stereocenters. The lowest BCUT2D eigenvalue weighted by Gasteiger charge is -2.30. The SMILES string of the molecule is CCS(=O)(=O)N1CCCC(C(=O)NCc2cc3n(n2)CCC3)C1. The fraction of sp³-hybridized carbons (Fsp3) is 0.733. The van der Waals surface area contributed by atoms with Gasteiger partial charge in [0, 0.05) is 25.3 Å². The summed E-state index contributed by atoms with van der Waals surface area (Å²) in [5.41, 5.74) is 2.11. The van der Waals surface area contributed by atoms with E-state index in [9.17, 15) is 13.2 Å². The molecule has 1 N–H and O–H groups in total. The number of nitrogens with zero attached hydrogens (tertiary/aromatic N) is 3. The summed E-state index contributed by atoms with van der Waals surface area (Å²) >= 11 is 0. The molecule has 0 bridgehead atoms. The number of nitrogens with one attached hydrogen (secondary N) is 1. The number of fused-ring (bicyclic) bond motifs is 1. The van der Waals surface area contributed by atoms with E-state index in [0.717, 1.165) is 37.9 Å². The molecular formula is C15H24N4O3S. The van der Waals surface area contributed by atoms with Crippen LogP contribution >= 0.6 is 0 Å². The van der Waals surface area contributed by atoms with Crippen molar-refractivity contribution in [2.24, 2.45) is 5.92 Å². The summed E-state index contributed by atoms with van der Waals surface area (Å²) in [4.78, 5) is 12.3. The largest absolute Gasteiger partial charge is 0.350 e. The molecular weight excluding hydrogens is 316 g/mol. The van der Waals surface area contributed by atoms with Crippen molar-refractivity contribution in [3.05, 3.63) is 17.5 Å². The summed E-state index contributed by atoms with van der Waals surface area (Å²) in [6.07, 6.45) is 3.66. The zero-order valence-corrected chi connectivity index (χ0v) is 14.3. The van der Waals surface area contributed by atoms with E-state index >= 15 is 0 Å². The second-order valence-corrected chi connectivity index (χ2v) is 8.53. The summed E-state index contributed by atoms with van der Waals surface area (Å²) in [7, 11) is -3.22. The van der Waals surface area contributed by atoms with Crippen LogP contribution < -0.4 is 5.32 Å². The first kappa shape index (κ1) is 16.4. The van der Waals surface area contributed by atoms with Crippen LogP contribution in [0.5, 0.6) is 0 Å². The van der Waals surface area contributed by atoms with Crippen LogP contribution in [-0.2, 0) is 34.3 Å². The first-order valence-electron chi connectivity index (χ1n) is 8.30. The maximum Gasteiger partial charge on any atom is 0.224 e. The minimum absolute atomic E-state index is 0.0748. The third kappa shape index (κ3) is 3.58. The van der Waals surface area contributed by atoms with Crippen LogP contribution in [0.2, 0.25) is 0 Å². The van der Waals surface area contributed by atoms with Crippen LogP contribution in [0.3, 0.4) is 0 Å². The summed E-state index contributed by atoms with van der Waals surface area (Å²) in [6, 6.07) is 2.04. The Balaban J connectivity index is 1.55. The maximum absolute atomic E-state index is 12.3. The van der Waals surface area contributed by atoms with E-state index in [1.807, 2.05) is 10.7 Å². The highest BCUT2D eigenvalue weighted by Crippen LogP contribution is 2.20. The van der Waals surface area contributed by atoms with Crippen LogP contribution in [0.4, 0.5) is 0 Å². The van der Waals surface area contributed by atoms with Crippen molar-refractivity contribution in [1.29, 1.82) is 0 Å². The molecule has 0 radical (unpaired) electrons. The Bertz CT molecular complexity index is 661. The third-order valence-electron chi connectivity index (χ3n) is 4.67. The number of aromatic nitrogens is 2. The lowest BCUT2D eigenvalue weighted by molar-refractivity contribution is -0.126.